The van der Waals surface area contributed by atoms with Crippen LogP contribution in [-0.4, -0.2) is 84.0 Å². The maximum absolute atomic E-state index is 13.6. The summed E-state index contributed by atoms with van der Waals surface area (Å²) in [5.41, 5.74) is 8.73. The van der Waals surface area contributed by atoms with E-state index < -0.39 is 0 Å². The van der Waals surface area contributed by atoms with Crippen molar-refractivity contribution in [3.8, 4) is 16.9 Å². The van der Waals surface area contributed by atoms with Crippen LogP contribution in [0.5, 0.6) is 5.75 Å². The van der Waals surface area contributed by atoms with Crippen molar-refractivity contribution < 1.29 is 19.1 Å². The Labute approximate surface area is 329 Å². The van der Waals surface area contributed by atoms with Crippen LogP contribution in [0.15, 0.2) is 72.9 Å². The second-order valence-corrected chi connectivity index (χ2v) is 14.6. The van der Waals surface area contributed by atoms with Crippen molar-refractivity contribution in [2.75, 3.05) is 51.8 Å². The fraction of sp³-hybridized carbons (Fsp3) is 0.409. The van der Waals surface area contributed by atoms with Crippen molar-refractivity contribution in [1.29, 1.82) is 0 Å². The minimum Gasteiger partial charge on any atom is -0.496 e. The molecule has 3 aromatic carbocycles. The summed E-state index contributed by atoms with van der Waals surface area (Å²) in [6, 6.07) is 21.7. The summed E-state index contributed by atoms with van der Waals surface area (Å²) in [5.74, 6) is 0.251. The topological polar surface area (TPSA) is 135 Å². The highest BCUT2D eigenvalue weighted by atomic mass is 16.5. The predicted molar refractivity (Wildman–Crippen MR) is 220 cm³/mol. The number of carbonyl (C=O) groups is 2. The highest BCUT2D eigenvalue weighted by Crippen LogP contribution is 2.33. The number of benzene rings is 3. The fourth-order valence-electron chi connectivity index (χ4n) is 7.70. The first-order valence-corrected chi connectivity index (χ1v) is 20.0. The molecule has 4 heterocycles. The van der Waals surface area contributed by atoms with E-state index in [1.165, 1.54) is 5.56 Å². The van der Waals surface area contributed by atoms with Gasteiger partial charge < -0.3 is 30.7 Å². The van der Waals surface area contributed by atoms with Gasteiger partial charge >= 0.3 is 0 Å². The number of carbonyl (C=O) groups excluding carboxylic acids is 2. The van der Waals surface area contributed by atoms with E-state index in [0.29, 0.717) is 43.9 Å². The molecule has 0 atom stereocenters. The molecule has 7 rings (SSSR count). The largest absolute Gasteiger partial charge is 0.496 e. The van der Waals surface area contributed by atoms with Gasteiger partial charge in [0, 0.05) is 86.5 Å². The molecule has 2 saturated heterocycles. The van der Waals surface area contributed by atoms with Crippen molar-refractivity contribution in [2.24, 2.45) is 0 Å². The van der Waals surface area contributed by atoms with Gasteiger partial charge in [0.15, 0.2) is 5.65 Å². The second kappa shape index (κ2) is 18.6. The quantitative estimate of drug-likeness (QED) is 0.109. The molecule has 294 valence electrons. The van der Waals surface area contributed by atoms with Crippen LogP contribution in [0.2, 0.25) is 0 Å². The molecule has 2 aliphatic rings. The van der Waals surface area contributed by atoms with E-state index in [1.807, 2.05) is 23.0 Å². The summed E-state index contributed by atoms with van der Waals surface area (Å²) >= 11 is 0. The molecule has 0 spiro atoms. The van der Waals surface area contributed by atoms with Crippen molar-refractivity contribution in [3.63, 3.8) is 0 Å². The molecule has 0 radical (unpaired) electrons. The van der Waals surface area contributed by atoms with Crippen molar-refractivity contribution in [2.45, 2.75) is 71.8 Å². The second-order valence-electron chi connectivity index (χ2n) is 14.6. The number of ether oxygens (including phenoxy) is 2. The number of rotatable bonds is 14. The van der Waals surface area contributed by atoms with E-state index in [9.17, 15) is 9.59 Å². The number of nitrogens with one attached hydrogen (secondary N) is 4. The van der Waals surface area contributed by atoms with E-state index in [4.69, 9.17) is 14.5 Å². The normalized spacial score (nSPS) is 15.3. The van der Waals surface area contributed by atoms with Crippen molar-refractivity contribution in [3.05, 3.63) is 106 Å². The maximum atomic E-state index is 13.6. The van der Waals surface area contributed by atoms with Crippen LogP contribution in [0.1, 0.15) is 76.2 Å². The minimum absolute atomic E-state index is 0.251. The average molecular weight is 759 g/mol. The molecule has 2 fully saturated rings. The number of anilines is 1. The molecule has 0 unspecified atom stereocenters. The first kappa shape index (κ1) is 39.0. The zero-order valence-corrected chi connectivity index (χ0v) is 32.8. The summed E-state index contributed by atoms with van der Waals surface area (Å²) in [6.07, 6.45) is 5.52. The Morgan fingerprint density at radius 1 is 0.911 bits per heavy atom. The molecule has 4 N–H and O–H groups in total. The monoisotopic (exact) mass is 758 g/mol. The third-order valence-corrected chi connectivity index (χ3v) is 10.8. The lowest BCUT2D eigenvalue weighted by Crippen LogP contribution is -2.30. The number of pyridine rings is 1. The van der Waals surface area contributed by atoms with E-state index in [0.717, 1.165) is 102 Å². The zero-order chi connectivity index (χ0) is 38.9. The molecule has 56 heavy (non-hydrogen) atoms. The number of hydrogen-bond donors (Lipinski definition) is 4. The van der Waals surface area contributed by atoms with Gasteiger partial charge in [-0.05, 0) is 98.8 Å². The van der Waals surface area contributed by atoms with Crippen LogP contribution in [-0.2, 0) is 37.3 Å². The Balaban J connectivity index is 1.03. The summed E-state index contributed by atoms with van der Waals surface area (Å²) in [7, 11) is 1.68. The third-order valence-electron chi connectivity index (χ3n) is 10.8. The van der Waals surface area contributed by atoms with Crippen molar-refractivity contribution in [1.82, 2.24) is 35.6 Å². The summed E-state index contributed by atoms with van der Waals surface area (Å²) in [6.45, 7) is 12.0. The minimum atomic E-state index is -0.266. The molecule has 12 heteroatoms. The number of amides is 2. The number of aromatic nitrogens is 3. The van der Waals surface area contributed by atoms with E-state index in [-0.39, 0.29) is 24.4 Å². The molecule has 5 aromatic rings. The van der Waals surface area contributed by atoms with Crippen LogP contribution in [0, 0.1) is 0 Å². The number of hydrogen-bond acceptors (Lipinski definition) is 9. The van der Waals surface area contributed by atoms with E-state index >= 15 is 0 Å². The molecule has 0 bridgehead atoms. The Morgan fingerprint density at radius 3 is 2.46 bits per heavy atom. The van der Waals surface area contributed by atoms with Crippen LogP contribution in [0.4, 0.5) is 5.69 Å². The van der Waals surface area contributed by atoms with Gasteiger partial charge in [-0.25, -0.2) is 9.67 Å². The van der Waals surface area contributed by atoms with E-state index in [2.05, 4.69) is 75.4 Å². The highest BCUT2D eigenvalue weighted by Gasteiger charge is 2.23. The van der Waals surface area contributed by atoms with Crippen LogP contribution in [0.3, 0.4) is 0 Å². The number of methoxy groups -OCH3 is 1. The third kappa shape index (κ3) is 9.21. The highest BCUT2D eigenvalue weighted by molar-refractivity contribution is 6.00. The zero-order valence-electron chi connectivity index (χ0n) is 32.8. The molecular formula is C44H54N8O4. The van der Waals surface area contributed by atoms with Gasteiger partial charge in [-0.3, -0.25) is 14.5 Å². The Hall–Kier alpha value is -5.30. The molecule has 0 saturated carbocycles. The summed E-state index contributed by atoms with van der Waals surface area (Å²) < 4.78 is 13.3. The molecule has 2 aliphatic heterocycles. The molecule has 2 aromatic heterocycles. The number of aryl methyl sites for hydroxylation is 2. The average Bonchev–Trinajstić information content (AvgIpc) is 3.49. The van der Waals surface area contributed by atoms with Gasteiger partial charge in [0.25, 0.3) is 11.8 Å². The van der Waals surface area contributed by atoms with Crippen LogP contribution in [0.25, 0.3) is 22.2 Å². The van der Waals surface area contributed by atoms with Crippen LogP contribution >= 0.6 is 0 Å². The van der Waals surface area contributed by atoms with Gasteiger partial charge in [-0.1, -0.05) is 37.3 Å². The van der Waals surface area contributed by atoms with Crippen LogP contribution < -0.4 is 26.0 Å². The number of nitrogens with zero attached hydrogens (tertiary/aromatic N) is 4. The molecule has 0 aliphatic carbocycles. The fourth-order valence-corrected chi connectivity index (χ4v) is 7.70. The smallest absolute Gasteiger partial charge is 0.251 e. The first-order chi connectivity index (χ1) is 27.4. The maximum Gasteiger partial charge on any atom is 0.251 e. The number of fused-ring (bicyclic) bond motifs is 1. The standard InChI is InChI=1S/C44H54N8O4/c1-4-39-37(41(49-35-15-21-56-22-16-35)38-28-48-52(5-2)42(38)50-39)27-47-44(54)34-12-7-11-33(25-34)43(53)46-26-30-13-14-40(55-3)36(24-30)32-10-6-9-31(23-32)29-51-19-8-17-45-18-20-51/h6-7,9-14,23-25,28,35,45H,4-5,8,15-22,26-27,29H2,1-3H3,(H,46,53)(H,47,54)(H,49,50). The first-order valence-electron chi connectivity index (χ1n) is 20.0. The Bertz CT molecular complexity index is 2140. The summed E-state index contributed by atoms with van der Waals surface area (Å²) in [5, 5.41) is 19.0. The SMILES string of the molecule is CCc1nc2c(cnn2CC)c(NC2CCOCC2)c1CNC(=O)c1cccc(C(=O)NCc2ccc(OC)c(-c3cccc(CN4CCCNCC4)c3)c2)c1. The lowest BCUT2D eigenvalue weighted by molar-refractivity contribution is 0.0904. The Kier molecular flexibility index (Phi) is 12.9. The molecular weight excluding hydrogens is 705 g/mol. The lowest BCUT2D eigenvalue weighted by atomic mass is 9.99. The van der Waals surface area contributed by atoms with Crippen molar-refractivity contribution >= 4 is 28.5 Å². The summed E-state index contributed by atoms with van der Waals surface area (Å²) in [4.78, 5) is 34.6. The van der Waals surface area contributed by atoms with E-state index in [1.54, 1.807) is 31.4 Å². The molecule has 2 amide bonds. The predicted octanol–water partition coefficient (Wildman–Crippen LogP) is 5.94. The Morgan fingerprint density at radius 2 is 1.70 bits per heavy atom. The lowest BCUT2D eigenvalue weighted by Gasteiger charge is -2.26. The molecule has 12 nitrogen and oxygen atoms in total. The van der Waals surface area contributed by atoms with Gasteiger partial charge in [0.05, 0.1) is 24.4 Å². The van der Waals surface area contributed by atoms with Gasteiger partial charge in [0.2, 0.25) is 0 Å². The van der Waals surface area contributed by atoms with Gasteiger partial charge in [-0.2, -0.15) is 5.10 Å². The van der Waals surface area contributed by atoms with Gasteiger partial charge in [-0.15, -0.1) is 0 Å². The van der Waals surface area contributed by atoms with Gasteiger partial charge in [0.1, 0.15) is 5.75 Å².